The van der Waals surface area contributed by atoms with E-state index in [-0.39, 0.29) is 55.1 Å². The number of benzene rings is 4. The average molecular weight is 1360 g/mol. The number of carbonyl (C=O) groups is 7. The monoisotopic (exact) mass is 1360 g/mol. The van der Waals surface area contributed by atoms with Gasteiger partial charge in [0, 0.05) is 83.2 Å². The highest BCUT2D eigenvalue weighted by Crippen LogP contribution is 2.41. The van der Waals surface area contributed by atoms with Crippen molar-refractivity contribution in [1.82, 2.24) is 63.1 Å². The van der Waals surface area contributed by atoms with E-state index in [1.165, 1.54) is 6.33 Å². The van der Waals surface area contributed by atoms with Crippen molar-refractivity contribution in [1.29, 1.82) is 0 Å². The van der Waals surface area contributed by atoms with Crippen LogP contribution in [0, 0.1) is 23.7 Å². The number of amides is 5. The van der Waals surface area contributed by atoms with Gasteiger partial charge in [0.2, 0.25) is 29.5 Å². The van der Waals surface area contributed by atoms with Crippen LogP contribution in [0.4, 0.5) is 0 Å². The maximum Gasteiger partial charge on any atom is 0.325 e. The maximum absolute atomic E-state index is 12.6. The van der Waals surface area contributed by atoms with Crippen LogP contribution in [0.3, 0.4) is 0 Å². The van der Waals surface area contributed by atoms with Crippen molar-refractivity contribution in [3.05, 3.63) is 216 Å². The van der Waals surface area contributed by atoms with Crippen LogP contribution in [-0.2, 0) is 96.2 Å². The van der Waals surface area contributed by atoms with Gasteiger partial charge in [-0.1, -0.05) is 175 Å². The van der Waals surface area contributed by atoms with Crippen LogP contribution in [0.5, 0.6) is 0 Å². The number of imidazole rings is 4. The number of nitrogens with zero attached hydrogens (tertiary/aromatic N) is 12. The zero-order chi connectivity index (χ0) is 70.8. The van der Waals surface area contributed by atoms with E-state index in [9.17, 15) is 33.6 Å². The smallest absolute Gasteiger partial charge is 0.325 e. The van der Waals surface area contributed by atoms with E-state index < -0.39 is 11.5 Å². The highest BCUT2D eigenvalue weighted by molar-refractivity contribution is 5.80. The second-order valence-electron chi connectivity index (χ2n) is 26.6. The summed E-state index contributed by atoms with van der Waals surface area (Å²) >= 11 is 0. The van der Waals surface area contributed by atoms with Gasteiger partial charge in [0.15, 0.2) is 0 Å². The predicted octanol–water partition coefficient (Wildman–Crippen LogP) is 10.9. The summed E-state index contributed by atoms with van der Waals surface area (Å²) in [4.78, 5) is 108. The van der Waals surface area contributed by atoms with E-state index in [0.29, 0.717) is 88.7 Å². The number of carboxylic acids is 1. The minimum atomic E-state index is -0.907. The summed E-state index contributed by atoms with van der Waals surface area (Å²) in [6.45, 7) is 16.7. The van der Waals surface area contributed by atoms with Crippen molar-refractivity contribution in [2.75, 3.05) is 32.8 Å². The molecule has 4 aliphatic heterocycles. The van der Waals surface area contributed by atoms with E-state index in [1.54, 1.807) is 52.2 Å². The molecule has 8 heterocycles. The molecule has 530 valence electrons. The zero-order valence-electron chi connectivity index (χ0n) is 58.7. The molecule has 0 radical (unpaired) electrons. The number of likely N-dealkylation sites (tertiary alicyclic amines) is 4. The topological polar surface area (TPSA) is 245 Å². The fraction of sp³-hybridized carbons (Fsp3) is 0.449. The first-order valence-corrected chi connectivity index (χ1v) is 35.6. The van der Waals surface area contributed by atoms with Crippen molar-refractivity contribution >= 4 is 41.5 Å². The molecule has 4 saturated heterocycles. The molecular weight excluding hydrogens is 1260 g/mol. The fourth-order valence-corrected chi connectivity index (χ4v) is 14.2. The van der Waals surface area contributed by atoms with Gasteiger partial charge in [-0.05, 0) is 78.5 Å². The average Bonchev–Trinajstić information content (AvgIpc) is 1.19. The molecule has 100 heavy (non-hydrogen) atoms. The first-order valence-electron chi connectivity index (χ1n) is 35.6. The van der Waals surface area contributed by atoms with Crippen LogP contribution in [0.25, 0.3) is 0 Å². The molecule has 4 aromatic heterocycles. The van der Waals surface area contributed by atoms with Gasteiger partial charge in [0.25, 0.3) is 0 Å². The van der Waals surface area contributed by atoms with Gasteiger partial charge < -0.3 is 53.0 Å². The van der Waals surface area contributed by atoms with Crippen molar-refractivity contribution in [3.63, 3.8) is 0 Å². The van der Waals surface area contributed by atoms with Crippen LogP contribution in [0.15, 0.2) is 171 Å². The summed E-state index contributed by atoms with van der Waals surface area (Å²) in [6, 6.07) is 41.6. The molecule has 0 saturated carbocycles. The standard InChI is InChI=1S/C30H31N3O.C20H26N4O2.C15H23N3O3.C13H19N3O3/c1-2-12-24-19-29(34)32(20-24)21-28-22-33(23-31-28)30(25-13-6-3-7-14-25,26-15-8-4-9-16-26)27-17-10-5-11-18-27;1-2-6-17-9-20(26)23(12-17)13-18-11-21-15-24(18)14-19(25)22-10-16-7-4-3-5-8-16;1-3-5-12-6-14(19)17(8-12)9-13-7-16-11-18(13)10-15(20)21-4-2;1-2-3-10-4-12(17)15(6-10)7-11-5-14-9-16(11)8-13(18)19/h3-11,13-18,22-24H,2,12,19-21H2,1H3;3-5,7-8,11,15,17H,2,6,9-10,12-14H2,1H3,(H,22,25);7,11-12H,3-6,8-10H2,1-2H3;5,9-10H,2-4,6-8H2,1H3,(H,18,19). The van der Waals surface area contributed by atoms with E-state index in [4.69, 9.17) is 14.8 Å². The minimum Gasteiger partial charge on any atom is -0.480 e. The second-order valence-corrected chi connectivity index (χ2v) is 26.6. The van der Waals surface area contributed by atoms with Crippen molar-refractivity contribution in [2.45, 2.75) is 170 Å². The number of carbonyl (C=O) groups excluding carboxylic acids is 6. The van der Waals surface area contributed by atoms with E-state index >= 15 is 0 Å². The van der Waals surface area contributed by atoms with Crippen molar-refractivity contribution < 1.29 is 43.4 Å². The quantitative estimate of drug-likeness (QED) is 0.0328. The van der Waals surface area contributed by atoms with Gasteiger partial charge in [-0.25, -0.2) is 19.9 Å². The van der Waals surface area contributed by atoms with Gasteiger partial charge in [0.05, 0.1) is 80.9 Å². The Hall–Kier alpha value is -9.99. The number of carboxylic acid groups (broad SMARTS) is 1. The molecule has 8 aromatic rings. The molecular formula is C78H99N13O9. The first-order chi connectivity index (χ1) is 48.6. The molecule has 12 rings (SSSR count). The van der Waals surface area contributed by atoms with Gasteiger partial charge in [-0.2, -0.15) is 0 Å². The second kappa shape index (κ2) is 37.3. The normalized spacial score (nSPS) is 17.4. The van der Waals surface area contributed by atoms with Crippen LogP contribution in [0.1, 0.15) is 157 Å². The fourth-order valence-electron chi connectivity index (χ4n) is 14.2. The van der Waals surface area contributed by atoms with E-state index in [0.717, 1.165) is 123 Å². The van der Waals surface area contributed by atoms with E-state index in [2.05, 4.69) is 150 Å². The molecule has 5 amide bonds. The Morgan fingerprint density at radius 2 is 0.840 bits per heavy atom. The molecule has 4 aliphatic rings. The number of aliphatic carboxylic acids is 1. The Morgan fingerprint density at radius 1 is 0.480 bits per heavy atom. The van der Waals surface area contributed by atoms with Crippen molar-refractivity contribution in [3.8, 4) is 0 Å². The molecule has 4 fully saturated rings. The number of esters is 1. The molecule has 0 spiro atoms. The summed E-state index contributed by atoms with van der Waals surface area (Å²) in [5.41, 5.74) is 7.43. The molecule has 4 unspecified atom stereocenters. The molecule has 22 heteroatoms. The SMILES string of the molecule is CCCC1CC(=O)N(Cc2cn(C(c3ccccc3)(c3ccccc3)c3ccccc3)cn2)C1.CCCC1CC(=O)N(Cc2cncn2CC(=O)NCc2ccccc2)C1.CCCC1CC(=O)N(Cc2cncn2CC(=O)O)C1.CCCC1CC(=O)N(Cc2cncn2CC(=O)OCC)C1. The van der Waals surface area contributed by atoms with Gasteiger partial charge >= 0.3 is 11.9 Å². The van der Waals surface area contributed by atoms with Crippen molar-refractivity contribution in [2.24, 2.45) is 23.7 Å². The molecule has 0 aliphatic carbocycles. The molecule has 2 N–H and O–H groups in total. The Morgan fingerprint density at radius 3 is 1.21 bits per heavy atom. The predicted molar refractivity (Wildman–Crippen MR) is 380 cm³/mol. The van der Waals surface area contributed by atoms with Crippen LogP contribution >= 0.6 is 0 Å². The number of rotatable bonds is 29. The lowest BCUT2D eigenvalue weighted by Gasteiger charge is -2.37. The van der Waals surface area contributed by atoms with Gasteiger partial charge in [-0.3, -0.25) is 33.6 Å². The third-order valence-corrected chi connectivity index (χ3v) is 18.9. The Balaban J connectivity index is 0.000000160. The zero-order valence-corrected chi connectivity index (χ0v) is 58.7. The van der Waals surface area contributed by atoms with Gasteiger partial charge in [0.1, 0.15) is 25.2 Å². The largest absolute Gasteiger partial charge is 0.480 e. The summed E-state index contributed by atoms with van der Waals surface area (Å²) in [5.74, 6) is 1.36. The number of ether oxygens (including phenoxy) is 1. The summed E-state index contributed by atoms with van der Waals surface area (Å²) in [6.07, 6.45) is 25.2. The third kappa shape index (κ3) is 20.3. The number of nitrogens with one attached hydrogen (secondary N) is 1. The Kier molecular flexibility index (Phi) is 27.7. The summed E-state index contributed by atoms with van der Waals surface area (Å²) in [7, 11) is 0. The van der Waals surface area contributed by atoms with Crippen LogP contribution < -0.4 is 5.32 Å². The highest BCUT2D eigenvalue weighted by Gasteiger charge is 2.39. The van der Waals surface area contributed by atoms with E-state index in [1.807, 2.05) is 55.9 Å². The number of aromatic nitrogens is 8. The Bertz CT molecular complexity index is 3790. The first kappa shape index (κ1) is 74.2. The molecule has 4 aromatic carbocycles. The minimum absolute atomic E-state index is 0.0651. The van der Waals surface area contributed by atoms with Crippen LogP contribution in [-0.4, -0.2) is 137 Å². The highest BCUT2D eigenvalue weighted by atomic mass is 16.5. The van der Waals surface area contributed by atoms with Crippen LogP contribution in [0.2, 0.25) is 0 Å². The van der Waals surface area contributed by atoms with Gasteiger partial charge in [-0.15, -0.1) is 0 Å². The summed E-state index contributed by atoms with van der Waals surface area (Å²) < 4.78 is 12.3. The lowest BCUT2D eigenvalue weighted by atomic mass is 9.77. The third-order valence-electron chi connectivity index (χ3n) is 18.9. The number of hydrogen-bond donors (Lipinski definition) is 2. The molecule has 4 atom stereocenters. The maximum atomic E-state index is 12.6. The summed E-state index contributed by atoms with van der Waals surface area (Å²) in [5, 5.41) is 11.7. The lowest BCUT2D eigenvalue weighted by Crippen LogP contribution is -2.37. The molecule has 0 bridgehead atoms. The Labute approximate surface area is 587 Å². The lowest BCUT2D eigenvalue weighted by molar-refractivity contribution is -0.144. The molecule has 22 nitrogen and oxygen atoms in total. The number of hydrogen-bond acceptors (Lipinski definition) is 12.